The van der Waals surface area contributed by atoms with Gasteiger partial charge in [0, 0.05) is 52.2 Å². The van der Waals surface area contributed by atoms with Crippen molar-refractivity contribution in [2.45, 2.75) is 19.0 Å². The second kappa shape index (κ2) is 8.58. The monoisotopic (exact) mass is 382 g/mol. The van der Waals surface area contributed by atoms with Crippen LogP contribution in [0.4, 0.5) is 0 Å². The van der Waals surface area contributed by atoms with Gasteiger partial charge < -0.3 is 20.0 Å². The van der Waals surface area contributed by atoms with Crippen molar-refractivity contribution in [3.05, 3.63) is 59.5 Å². The van der Waals surface area contributed by atoms with Crippen LogP contribution in [-0.2, 0) is 17.8 Å². The molecule has 7 nitrogen and oxygen atoms in total. The van der Waals surface area contributed by atoms with Gasteiger partial charge >= 0.3 is 0 Å². The minimum absolute atomic E-state index is 0.107. The highest BCUT2D eigenvalue weighted by Crippen LogP contribution is 2.25. The Kier molecular flexibility index (Phi) is 5.73. The number of benzene rings is 1. The van der Waals surface area contributed by atoms with E-state index in [1.165, 1.54) is 6.26 Å². The summed E-state index contributed by atoms with van der Waals surface area (Å²) in [4.78, 5) is 29.9. The number of furan rings is 1. The Morgan fingerprint density at radius 1 is 1.11 bits per heavy atom. The second-order valence-corrected chi connectivity index (χ2v) is 7.28. The summed E-state index contributed by atoms with van der Waals surface area (Å²) in [6, 6.07) is 10.8. The number of hydrogen-bond acceptors (Lipinski definition) is 5. The predicted molar refractivity (Wildman–Crippen MR) is 105 cm³/mol. The van der Waals surface area contributed by atoms with Gasteiger partial charge in [-0.15, -0.1) is 0 Å². The topological polar surface area (TPSA) is 77.8 Å². The summed E-state index contributed by atoms with van der Waals surface area (Å²) in [5.74, 6) is -0.0932. The maximum absolute atomic E-state index is 13.0. The molecule has 0 aliphatic carbocycles. The Morgan fingerprint density at radius 2 is 1.89 bits per heavy atom. The average molecular weight is 382 g/mol. The summed E-state index contributed by atoms with van der Waals surface area (Å²) in [5, 5.41) is 6.36. The van der Waals surface area contributed by atoms with Crippen molar-refractivity contribution < 1.29 is 14.0 Å². The summed E-state index contributed by atoms with van der Waals surface area (Å²) in [5.41, 5.74) is 2.19. The fourth-order valence-electron chi connectivity index (χ4n) is 3.90. The van der Waals surface area contributed by atoms with E-state index >= 15 is 0 Å². The third-order valence-corrected chi connectivity index (χ3v) is 5.48. The Labute approximate surface area is 164 Å². The minimum Gasteiger partial charge on any atom is -0.459 e. The van der Waals surface area contributed by atoms with Gasteiger partial charge in [-0.25, -0.2) is 0 Å². The number of nitrogens with zero attached hydrogens (tertiary/aromatic N) is 2. The quantitative estimate of drug-likeness (QED) is 0.802. The molecule has 3 heterocycles. The van der Waals surface area contributed by atoms with Gasteiger partial charge in [-0.2, -0.15) is 0 Å². The third kappa shape index (κ3) is 4.10. The zero-order valence-electron chi connectivity index (χ0n) is 15.9. The molecule has 28 heavy (non-hydrogen) atoms. The molecule has 0 bridgehead atoms. The molecule has 2 amide bonds. The Bertz CT molecular complexity index is 815. The van der Waals surface area contributed by atoms with Gasteiger partial charge in [0.15, 0.2) is 5.76 Å². The lowest BCUT2D eigenvalue weighted by atomic mass is 9.93. The molecule has 0 saturated carbocycles. The molecule has 1 atom stereocenters. The van der Waals surface area contributed by atoms with Crippen molar-refractivity contribution in [2.75, 3.05) is 39.3 Å². The SMILES string of the molecule is O=C(NCCN1CCNCC1)C1Cc2ccccc2CN1C(=O)c1ccco1. The van der Waals surface area contributed by atoms with E-state index in [4.69, 9.17) is 4.42 Å². The van der Waals surface area contributed by atoms with Crippen molar-refractivity contribution in [1.82, 2.24) is 20.4 Å². The summed E-state index contributed by atoms with van der Waals surface area (Å²) < 4.78 is 5.29. The van der Waals surface area contributed by atoms with E-state index in [0.717, 1.165) is 43.9 Å². The number of carbonyl (C=O) groups is 2. The molecule has 2 N–H and O–H groups in total. The molecular formula is C21H26N4O3. The van der Waals surface area contributed by atoms with Crippen LogP contribution in [-0.4, -0.2) is 66.9 Å². The lowest BCUT2D eigenvalue weighted by Crippen LogP contribution is -2.53. The first-order valence-corrected chi connectivity index (χ1v) is 9.84. The van der Waals surface area contributed by atoms with Gasteiger partial charge in [0.05, 0.1) is 6.26 Å². The standard InChI is InChI=1S/C21H26N4O3/c26-20(23-9-12-24-10-7-22-8-11-24)18-14-16-4-1-2-5-17(16)15-25(18)21(27)19-6-3-13-28-19/h1-6,13,18,22H,7-12,14-15H2,(H,23,26). The molecule has 148 valence electrons. The number of piperazine rings is 1. The highest BCUT2D eigenvalue weighted by Gasteiger charge is 2.35. The smallest absolute Gasteiger partial charge is 0.290 e. The summed E-state index contributed by atoms with van der Waals surface area (Å²) in [7, 11) is 0. The van der Waals surface area contributed by atoms with Crippen LogP contribution >= 0.6 is 0 Å². The predicted octanol–water partition coefficient (Wildman–Crippen LogP) is 0.868. The van der Waals surface area contributed by atoms with Crippen LogP contribution in [0.25, 0.3) is 0 Å². The second-order valence-electron chi connectivity index (χ2n) is 7.28. The third-order valence-electron chi connectivity index (χ3n) is 5.48. The van der Waals surface area contributed by atoms with Gasteiger partial charge in [0.25, 0.3) is 5.91 Å². The molecule has 2 aliphatic rings. The molecule has 0 radical (unpaired) electrons. The fourth-order valence-corrected chi connectivity index (χ4v) is 3.90. The van der Waals surface area contributed by atoms with E-state index < -0.39 is 6.04 Å². The zero-order valence-corrected chi connectivity index (χ0v) is 15.9. The molecule has 0 spiro atoms. The molecule has 1 unspecified atom stereocenters. The summed E-state index contributed by atoms with van der Waals surface area (Å²) in [6.45, 7) is 5.78. The first-order valence-electron chi connectivity index (χ1n) is 9.84. The molecular weight excluding hydrogens is 356 g/mol. The first kappa shape index (κ1) is 18.7. The Morgan fingerprint density at radius 3 is 2.64 bits per heavy atom. The highest BCUT2D eigenvalue weighted by molar-refractivity contribution is 5.96. The maximum Gasteiger partial charge on any atom is 0.290 e. The zero-order chi connectivity index (χ0) is 19.3. The van der Waals surface area contributed by atoms with Crippen LogP contribution in [0.5, 0.6) is 0 Å². The molecule has 7 heteroatoms. The van der Waals surface area contributed by atoms with Gasteiger partial charge in [-0.05, 0) is 23.3 Å². The minimum atomic E-state index is -0.532. The van der Waals surface area contributed by atoms with E-state index in [1.54, 1.807) is 17.0 Å². The van der Waals surface area contributed by atoms with E-state index in [1.807, 2.05) is 24.3 Å². The first-order chi connectivity index (χ1) is 13.7. The summed E-state index contributed by atoms with van der Waals surface area (Å²) >= 11 is 0. The van der Waals surface area contributed by atoms with Crippen molar-refractivity contribution >= 4 is 11.8 Å². The number of rotatable bonds is 5. The highest BCUT2D eigenvalue weighted by atomic mass is 16.3. The van der Waals surface area contributed by atoms with Crippen LogP contribution in [0, 0.1) is 0 Å². The maximum atomic E-state index is 13.0. The summed E-state index contributed by atoms with van der Waals surface area (Å²) in [6.07, 6.45) is 2.00. The Hall–Kier alpha value is -2.64. The van der Waals surface area contributed by atoms with E-state index in [0.29, 0.717) is 19.5 Å². The van der Waals surface area contributed by atoms with Crippen LogP contribution in [0.1, 0.15) is 21.7 Å². The molecule has 2 aromatic rings. The van der Waals surface area contributed by atoms with E-state index in [2.05, 4.69) is 15.5 Å². The molecule has 2 aliphatic heterocycles. The largest absolute Gasteiger partial charge is 0.459 e. The van der Waals surface area contributed by atoms with Gasteiger partial charge in [-0.1, -0.05) is 24.3 Å². The van der Waals surface area contributed by atoms with Crippen LogP contribution < -0.4 is 10.6 Å². The van der Waals surface area contributed by atoms with Crippen LogP contribution in [0.2, 0.25) is 0 Å². The van der Waals surface area contributed by atoms with E-state index in [9.17, 15) is 9.59 Å². The molecule has 1 aromatic carbocycles. The van der Waals surface area contributed by atoms with Crippen molar-refractivity contribution in [2.24, 2.45) is 0 Å². The number of nitrogens with one attached hydrogen (secondary N) is 2. The lowest BCUT2D eigenvalue weighted by molar-refractivity contribution is -0.126. The van der Waals surface area contributed by atoms with Gasteiger partial charge in [0.1, 0.15) is 6.04 Å². The van der Waals surface area contributed by atoms with Crippen LogP contribution in [0.15, 0.2) is 47.1 Å². The molecule has 1 fully saturated rings. The molecule has 4 rings (SSSR count). The van der Waals surface area contributed by atoms with Gasteiger partial charge in [0.2, 0.25) is 5.91 Å². The number of carbonyl (C=O) groups excluding carboxylic acids is 2. The molecule has 1 saturated heterocycles. The lowest BCUT2D eigenvalue weighted by Gasteiger charge is -2.35. The van der Waals surface area contributed by atoms with Crippen LogP contribution in [0.3, 0.4) is 0 Å². The van der Waals surface area contributed by atoms with Gasteiger partial charge in [-0.3, -0.25) is 14.5 Å². The fraction of sp³-hybridized carbons (Fsp3) is 0.429. The average Bonchev–Trinajstić information content (AvgIpc) is 3.28. The normalized spacial score (nSPS) is 19.9. The van der Waals surface area contributed by atoms with Crippen molar-refractivity contribution in [1.29, 1.82) is 0 Å². The van der Waals surface area contributed by atoms with Crippen molar-refractivity contribution in [3.63, 3.8) is 0 Å². The number of fused-ring (bicyclic) bond motifs is 1. The van der Waals surface area contributed by atoms with E-state index in [-0.39, 0.29) is 17.6 Å². The molecule has 1 aromatic heterocycles. The Balaban J connectivity index is 1.45. The number of amides is 2. The number of hydrogen-bond donors (Lipinski definition) is 2. The van der Waals surface area contributed by atoms with Crippen molar-refractivity contribution in [3.8, 4) is 0 Å².